The van der Waals surface area contributed by atoms with E-state index in [9.17, 15) is 19.1 Å². The lowest BCUT2D eigenvalue weighted by Crippen LogP contribution is -2.36. The van der Waals surface area contributed by atoms with Gasteiger partial charge in [0.25, 0.3) is 5.91 Å². The van der Waals surface area contributed by atoms with E-state index in [1.807, 2.05) is 12.1 Å². The van der Waals surface area contributed by atoms with Crippen molar-refractivity contribution in [1.82, 2.24) is 25.1 Å². The number of aromatic amines is 1. The maximum absolute atomic E-state index is 14.5. The number of halogens is 1. The van der Waals surface area contributed by atoms with E-state index in [1.54, 1.807) is 37.5 Å². The van der Waals surface area contributed by atoms with Crippen molar-refractivity contribution in [3.05, 3.63) is 82.7 Å². The standard InChI is InChI=1S/C29H28FN5O4/c1-35-22(6-10-31-35)26(36)34-24(23-19-13-18(30)4-2-16(19)14-28(23)7-8-28)25-32-20-5-3-17(12-21(20)33-25)29(27(37)38)9-11-39-15-29/h2-6,10,12-13,23-24H,7-9,11,14-15H2,1H3,(H,32,33)(H,34,36)(H,37,38)/t23-,24-,29?/m0/s1. The van der Waals surface area contributed by atoms with E-state index >= 15 is 0 Å². The molecular formula is C29H28FN5O4. The Kier molecular flexibility index (Phi) is 5.22. The summed E-state index contributed by atoms with van der Waals surface area (Å²) < 4.78 is 21.5. The van der Waals surface area contributed by atoms with Crippen molar-refractivity contribution in [1.29, 1.82) is 0 Å². The molecule has 10 heteroatoms. The van der Waals surface area contributed by atoms with Gasteiger partial charge in [-0.25, -0.2) is 9.37 Å². The zero-order valence-corrected chi connectivity index (χ0v) is 21.4. The Morgan fingerprint density at radius 3 is 2.74 bits per heavy atom. The first kappa shape index (κ1) is 24.0. The molecule has 3 aliphatic rings. The van der Waals surface area contributed by atoms with Crippen LogP contribution in [0.15, 0.2) is 48.7 Å². The zero-order valence-electron chi connectivity index (χ0n) is 21.4. The minimum atomic E-state index is -1.11. The number of ether oxygens (including phenoxy) is 1. The van der Waals surface area contributed by atoms with Gasteiger partial charge in [-0.05, 0) is 78.1 Å². The molecule has 1 amide bonds. The molecule has 4 aromatic rings. The highest BCUT2D eigenvalue weighted by atomic mass is 19.1. The summed E-state index contributed by atoms with van der Waals surface area (Å²) in [5.41, 5.74) is 3.21. The Bertz CT molecular complexity index is 1630. The number of nitrogens with zero attached hydrogens (tertiary/aromatic N) is 3. The van der Waals surface area contributed by atoms with Crippen molar-refractivity contribution in [2.24, 2.45) is 12.5 Å². The number of carbonyl (C=O) groups is 2. The molecule has 3 heterocycles. The van der Waals surface area contributed by atoms with Crippen LogP contribution < -0.4 is 5.32 Å². The van der Waals surface area contributed by atoms with Gasteiger partial charge in [-0.1, -0.05) is 12.1 Å². The van der Waals surface area contributed by atoms with E-state index in [0.717, 1.165) is 35.9 Å². The van der Waals surface area contributed by atoms with Gasteiger partial charge in [-0.15, -0.1) is 0 Å². The average molecular weight is 530 g/mol. The van der Waals surface area contributed by atoms with E-state index in [0.29, 0.717) is 35.6 Å². The quantitative estimate of drug-likeness (QED) is 0.350. The smallest absolute Gasteiger partial charge is 0.316 e. The van der Waals surface area contributed by atoms with Gasteiger partial charge < -0.3 is 20.1 Å². The SMILES string of the molecule is Cn1nccc1C(=O)N[C@H](c1nc2cc(C3(C(=O)O)CCOC3)ccc2[nH]1)[C@@H]1c2cc(F)ccc2CC12CC2. The fourth-order valence-corrected chi connectivity index (χ4v) is 6.69. The van der Waals surface area contributed by atoms with Crippen LogP contribution in [0.4, 0.5) is 4.39 Å². The number of aryl methyl sites for hydroxylation is 1. The Morgan fingerprint density at radius 2 is 2.05 bits per heavy atom. The summed E-state index contributed by atoms with van der Waals surface area (Å²) >= 11 is 0. The third kappa shape index (κ3) is 3.69. The average Bonchev–Trinajstić information content (AvgIpc) is 3.34. The fourth-order valence-electron chi connectivity index (χ4n) is 6.69. The van der Waals surface area contributed by atoms with Crippen LogP contribution in [-0.4, -0.2) is 49.9 Å². The van der Waals surface area contributed by atoms with E-state index in [4.69, 9.17) is 9.72 Å². The molecule has 1 saturated carbocycles. The molecule has 1 spiro atoms. The molecule has 7 rings (SSSR count). The summed E-state index contributed by atoms with van der Waals surface area (Å²) in [6, 6.07) is 11.5. The molecule has 3 atom stereocenters. The zero-order chi connectivity index (χ0) is 26.9. The molecule has 3 N–H and O–H groups in total. The van der Waals surface area contributed by atoms with E-state index in [1.165, 1.54) is 10.7 Å². The number of hydrogen-bond donors (Lipinski definition) is 3. The molecule has 0 radical (unpaired) electrons. The van der Waals surface area contributed by atoms with Crippen LogP contribution in [-0.2, 0) is 28.4 Å². The summed E-state index contributed by atoms with van der Waals surface area (Å²) in [4.78, 5) is 34.0. The van der Waals surface area contributed by atoms with Crippen molar-refractivity contribution in [3.8, 4) is 0 Å². The molecule has 2 fully saturated rings. The number of aromatic nitrogens is 4. The second kappa shape index (κ2) is 8.47. The molecule has 1 saturated heterocycles. The van der Waals surface area contributed by atoms with Gasteiger partial charge in [0.2, 0.25) is 0 Å². The second-order valence-corrected chi connectivity index (χ2v) is 11.2. The first-order valence-corrected chi connectivity index (χ1v) is 13.2. The van der Waals surface area contributed by atoms with Gasteiger partial charge in [0.1, 0.15) is 22.8 Å². The van der Waals surface area contributed by atoms with Crippen molar-refractivity contribution in [2.75, 3.05) is 13.2 Å². The molecule has 1 aliphatic heterocycles. The van der Waals surface area contributed by atoms with Crippen molar-refractivity contribution in [2.45, 2.75) is 43.1 Å². The van der Waals surface area contributed by atoms with Crippen LogP contribution in [0, 0.1) is 11.2 Å². The molecule has 2 aromatic heterocycles. The number of imidazole rings is 1. The number of H-pyrrole nitrogens is 1. The molecule has 2 aliphatic carbocycles. The third-order valence-electron chi connectivity index (χ3n) is 8.99. The van der Waals surface area contributed by atoms with Crippen LogP contribution in [0.25, 0.3) is 11.0 Å². The molecular weight excluding hydrogens is 501 g/mol. The third-order valence-corrected chi connectivity index (χ3v) is 8.99. The highest BCUT2D eigenvalue weighted by Crippen LogP contribution is 2.66. The second-order valence-electron chi connectivity index (χ2n) is 11.2. The van der Waals surface area contributed by atoms with Crippen LogP contribution >= 0.6 is 0 Å². The van der Waals surface area contributed by atoms with Gasteiger partial charge in [0.05, 0.1) is 23.7 Å². The first-order chi connectivity index (χ1) is 18.8. The highest BCUT2D eigenvalue weighted by molar-refractivity contribution is 5.93. The van der Waals surface area contributed by atoms with Gasteiger partial charge in [-0.3, -0.25) is 14.3 Å². The van der Waals surface area contributed by atoms with Crippen molar-refractivity contribution in [3.63, 3.8) is 0 Å². The summed E-state index contributed by atoms with van der Waals surface area (Å²) in [6.07, 6.45) is 4.76. The van der Waals surface area contributed by atoms with Crippen molar-refractivity contribution >= 4 is 22.9 Å². The summed E-state index contributed by atoms with van der Waals surface area (Å²) in [7, 11) is 1.71. The highest BCUT2D eigenvalue weighted by Gasteiger charge is 2.58. The van der Waals surface area contributed by atoms with E-state index in [2.05, 4.69) is 15.4 Å². The summed E-state index contributed by atoms with van der Waals surface area (Å²) in [6.45, 7) is 0.499. The summed E-state index contributed by atoms with van der Waals surface area (Å²) in [5.74, 6) is -1.14. The van der Waals surface area contributed by atoms with Gasteiger partial charge in [0, 0.05) is 25.8 Å². The Balaban J connectivity index is 1.34. The number of hydrogen-bond acceptors (Lipinski definition) is 5. The lowest BCUT2D eigenvalue weighted by atomic mass is 9.80. The largest absolute Gasteiger partial charge is 0.481 e. The first-order valence-electron chi connectivity index (χ1n) is 13.2. The predicted molar refractivity (Wildman–Crippen MR) is 139 cm³/mol. The number of carboxylic acid groups (broad SMARTS) is 1. The molecule has 9 nitrogen and oxygen atoms in total. The normalized spacial score (nSPS) is 23.7. The van der Waals surface area contributed by atoms with Crippen LogP contribution in [0.1, 0.15) is 64.2 Å². The topological polar surface area (TPSA) is 122 Å². The van der Waals surface area contributed by atoms with E-state index in [-0.39, 0.29) is 29.7 Å². The molecule has 200 valence electrons. The number of nitrogens with one attached hydrogen (secondary N) is 2. The lowest BCUT2D eigenvalue weighted by molar-refractivity contribution is -0.143. The Hall–Kier alpha value is -4.05. The Labute approximate surface area is 223 Å². The van der Waals surface area contributed by atoms with Gasteiger partial charge in [-0.2, -0.15) is 5.10 Å². The minimum absolute atomic E-state index is 0.0702. The maximum Gasteiger partial charge on any atom is 0.316 e. The predicted octanol–water partition coefficient (Wildman–Crippen LogP) is 3.77. The molecule has 1 unspecified atom stereocenters. The molecule has 39 heavy (non-hydrogen) atoms. The number of fused-ring (bicyclic) bond motifs is 2. The molecule has 2 aromatic carbocycles. The lowest BCUT2D eigenvalue weighted by Gasteiger charge is -2.29. The minimum Gasteiger partial charge on any atom is -0.481 e. The van der Waals surface area contributed by atoms with Crippen LogP contribution in [0.2, 0.25) is 0 Å². The van der Waals surface area contributed by atoms with E-state index < -0.39 is 17.4 Å². The number of aliphatic carboxylic acids is 1. The van der Waals surface area contributed by atoms with Crippen LogP contribution in [0.5, 0.6) is 0 Å². The summed E-state index contributed by atoms with van der Waals surface area (Å²) in [5, 5.41) is 17.4. The number of rotatable bonds is 6. The molecule has 0 bridgehead atoms. The van der Waals surface area contributed by atoms with Gasteiger partial charge in [0.15, 0.2) is 0 Å². The number of amides is 1. The van der Waals surface area contributed by atoms with Crippen molar-refractivity contribution < 1.29 is 23.8 Å². The number of carboxylic acids is 1. The number of carbonyl (C=O) groups excluding carboxylic acids is 1. The van der Waals surface area contributed by atoms with Gasteiger partial charge >= 0.3 is 5.97 Å². The maximum atomic E-state index is 14.5. The Morgan fingerprint density at radius 1 is 1.21 bits per heavy atom. The number of benzene rings is 2. The van der Waals surface area contributed by atoms with Crippen LogP contribution in [0.3, 0.4) is 0 Å². The monoisotopic (exact) mass is 529 g/mol. The fraction of sp³-hybridized carbons (Fsp3) is 0.379.